The molecule has 2 heterocycles. The van der Waals surface area contributed by atoms with Crippen LogP contribution in [0.3, 0.4) is 0 Å². The molecule has 0 bridgehead atoms. The van der Waals surface area contributed by atoms with Crippen LogP contribution in [0.25, 0.3) is 5.69 Å². The largest absolute Gasteiger partial charge is 0.300 e. The molecule has 0 amide bonds. The zero-order chi connectivity index (χ0) is 12.4. The molecule has 1 aliphatic heterocycles. The fourth-order valence-electron chi connectivity index (χ4n) is 2.70. The highest BCUT2D eigenvalue weighted by Crippen LogP contribution is 2.18. The van der Waals surface area contributed by atoms with Crippen molar-refractivity contribution in [2.24, 2.45) is 0 Å². The second-order valence-corrected chi connectivity index (χ2v) is 4.95. The van der Waals surface area contributed by atoms with Crippen LogP contribution in [0.1, 0.15) is 24.4 Å². The van der Waals surface area contributed by atoms with E-state index in [1.807, 2.05) is 6.20 Å². The molecule has 0 spiro atoms. The van der Waals surface area contributed by atoms with E-state index >= 15 is 0 Å². The van der Waals surface area contributed by atoms with Gasteiger partial charge < -0.3 is 0 Å². The zero-order valence-corrected chi connectivity index (χ0v) is 10.8. The van der Waals surface area contributed by atoms with Gasteiger partial charge in [0.25, 0.3) is 0 Å². The van der Waals surface area contributed by atoms with Crippen molar-refractivity contribution in [3.63, 3.8) is 0 Å². The monoisotopic (exact) mass is 241 g/mol. The Bertz CT molecular complexity index is 510. The van der Waals surface area contributed by atoms with E-state index in [0.29, 0.717) is 0 Å². The Balaban J connectivity index is 1.91. The van der Waals surface area contributed by atoms with Crippen LogP contribution in [0.5, 0.6) is 0 Å². The molecule has 18 heavy (non-hydrogen) atoms. The second kappa shape index (κ2) is 4.94. The third-order valence-corrected chi connectivity index (χ3v) is 3.61. The van der Waals surface area contributed by atoms with E-state index in [1.165, 1.54) is 37.3 Å². The number of hydrogen-bond acceptors (Lipinski definition) is 2. The van der Waals surface area contributed by atoms with E-state index in [-0.39, 0.29) is 0 Å². The first-order valence-corrected chi connectivity index (χ1v) is 6.65. The number of hydrogen-bond donors (Lipinski definition) is 0. The van der Waals surface area contributed by atoms with Crippen molar-refractivity contribution in [1.82, 2.24) is 14.5 Å². The summed E-state index contributed by atoms with van der Waals surface area (Å²) in [6.07, 6.45) is 4.68. The molecule has 3 heteroatoms. The minimum absolute atomic E-state index is 1.01. The highest BCUT2D eigenvalue weighted by atomic mass is 15.2. The molecule has 1 aliphatic rings. The Hall–Kier alpha value is -1.61. The number of aromatic nitrogens is 2. The fraction of sp³-hybridized carbons (Fsp3) is 0.400. The number of benzene rings is 1. The molecule has 0 unspecified atom stereocenters. The quantitative estimate of drug-likeness (QED) is 0.824. The average Bonchev–Trinajstić information content (AvgIpc) is 3.02. The minimum Gasteiger partial charge on any atom is -0.300 e. The third kappa shape index (κ3) is 2.18. The van der Waals surface area contributed by atoms with Gasteiger partial charge in [-0.05, 0) is 45.0 Å². The van der Waals surface area contributed by atoms with Gasteiger partial charge in [0.05, 0.1) is 11.9 Å². The molecule has 2 aromatic rings. The van der Waals surface area contributed by atoms with E-state index in [0.717, 1.165) is 12.4 Å². The van der Waals surface area contributed by atoms with Crippen LogP contribution in [-0.4, -0.2) is 27.5 Å². The maximum atomic E-state index is 4.47. The Morgan fingerprint density at radius 3 is 2.56 bits per heavy atom. The van der Waals surface area contributed by atoms with Crippen LogP contribution in [0.15, 0.2) is 36.5 Å². The lowest BCUT2D eigenvalue weighted by atomic mass is 10.3. The number of imidazole rings is 1. The Labute approximate surface area is 108 Å². The Morgan fingerprint density at radius 1 is 1.11 bits per heavy atom. The summed E-state index contributed by atoms with van der Waals surface area (Å²) in [5, 5.41) is 0. The lowest BCUT2D eigenvalue weighted by molar-refractivity contribution is 0.325. The highest BCUT2D eigenvalue weighted by molar-refractivity contribution is 5.35. The first-order valence-electron chi connectivity index (χ1n) is 6.65. The van der Waals surface area contributed by atoms with Crippen LogP contribution in [0.2, 0.25) is 0 Å². The number of rotatable bonds is 3. The predicted octanol–water partition coefficient (Wildman–Crippen LogP) is 2.78. The maximum Gasteiger partial charge on any atom is 0.110 e. The zero-order valence-electron chi connectivity index (χ0n) is 10.8. The summed E-state index contributed by atoms with van der Waals surface area (Å²) >= 11 is 0. The van der Waals surface area contributed by atoms with Gasteiger partial charge in [-0.15, -0.1) is 0 Å². The normalized spacial score (nSPS) is 16.3. The number of nitrogens with zero attached hydrogens (tertiary/aromatic N) is 3. The molecule has 3 rings (SSSR count). The summed E-state index contributed by atoms with van der Waals surface area (Å²) in [7, 11) is 0. The average molecular weight is 241 g/mol. The second-order valence-electron chi connectivity index (χ2n) is 4.95. The number of aryl methyl sites for hydroxylation is 1. The molecule has 1 aromatic heterocycles. The standard InChI is InChI=1S/C15H19N3/c1-13-16-11-15(12-17-9-5-6-10-17)18(13)14-7-3-2-4-8-14/h2-4,7-8,11H,5-6,9-10,12H2,1H3. The van der Waals surface area contributed by atoms with Crippen molar-refractivity contribution in [1.29, 1.82) is 0 Å². The van der Waals surface area contributed by atoms with E-state index in [1.54, 1.807) is 0 Å². The van der Waals surface area contributed by atoms with Gasteiger partial charge in [-0.3, -0.25) is 9.47 Å². The molecule has 1 saturated heterocycles. The summed E-state index contributed by atoms with van der Waals surface area (Å²) < 4.78 is 2.26. The third-order valence-electron chi connectivity index (χ3n) is 3.61. The van der Waals surface area contributed by atoms with Crippen LogP contribution >= 0.6 is 0 Å². The summed E-state index contributed by atoms with van der Waals surface area (Å²) in [6, 6.07) is 10.5. The Morgan fingerprint density at radius 2 is 1.83 bits per heavy atom. The molecular formula is C15H19N3. The molecule has 1 fully saturated rings. The van der Waals surface area contributed by atoms with Crippen molar-refractivity contribution < 1.29 is 0 Å². The minimum atomic E-state index is 1.01. The SMILES string of the molecule is Cc1ncc(CN2CCCC2)n1-c1ccccc1. The maximum absolute atomic E-state index is 4.47. The van der Waals surface area contributed by atoms with E-state index in [4.69, 9.17) is 0 Å². The van der Waals surface area contributed by atoms with Gasteiger partial charge in [-0.25, -0.2) is 4.98 Å². The first kappa shape index (κ1) is 11.5. The lowest BCUT2D eigenvalue weighted by Crippen LogP contribution is -2.20. The van der Waals surface area contributed by atoms with Crippen LogP contribution in [0.4, 0.5) is 0 Å². The van der Waals surface area contributed by atoms with Crippen molar-refractivity contribution in [3.05, 3.63) is 48.0 Å². The number of para-hydroxylation sites is 1. The van der Waals surface area contributed by atoms with Gasteiger partial charge in [0.15, 0.2) is 0 Å². The number of likely N-dealkylation sites (tertiary alicyclic amines) is 1. The van der Waals surface area contributed by atoms with E-state index < -0.39 is 0 Å². The van der Waals surface area contributed by atoms with Gasteiger partial charge >= 0.3 is 0 Å². The van der Waals surface area contributed by atoms with Crippen molar-refractivity contribution >= 4 is 0 Å². The molecule has 3 nitrogen and oxygen atoms in total. The van der Waals surface area contributed by atoms with Gasteiger partial charge in [0.1, 0.15) is 5.82 Å². The summed E-state index contributed by atoms with van der Waals surface area (Å²) in [4.78, 5) is 6.98. The van der Waals surface area contributed by atoms with Crippen LogP contribution in [-0.2, 0) is 6.54 Å². The van der Waals surface area contributed by atoms with Crippen molar-refractivity contribution in [3.8, 4) is 5.69 Å². The van der Waals surface area contributed by atoms with Crippen molar-refractivity contribution in [2.45, 2.75) is 26.3 Å². The van der Waals surface area contributed by atoms with Gasteiger partial charge in [0, 0.05) is 12.2 Å². The molecule has 94 valence electrons. The lowest BCUT2D eigenvalue weighted by Gasteiger charge is -2.16. The van der Waals surface area contributed by atoms with E-state index in [9.17, 15) is 0 Å². The van der Waals surface area contributed by atoms with Gasteiger partial charge in [0.2, 0.25) is 0 Å². The summed E-state index contributed by atoms with van der Waals surface area (Å²) in [6.45, 7) is 5.52. The van der Waals surface area contributed by atoms with Crippen LogP contribution < -0.4 is 0 Å². The molecule has 0 saturated carbocycles. The van der Waals surface area contributed by atoms with E-state index in [2.05, 4.69) is 51.7 Å². The topological polar surface area (TPSA) is 21.1 Å². The predicted molar refractivity (Wildman–Crippen MR) is 72.8 cm³/mol. The molecule has 0 atom stereocenters. The molecule has 0 N–H and O–H groups in total. The van der Waals surface area contributed by atoms with Crippen LogP contribution in [0, 0.1) is 6.92 Å². The molecular weight excluding hydrogens is 222 g/mol. The summed E-state index contributed by atoms with van der Waals surface area (Å²) in [5.74, 6) is 1.07. The Kier molecular flexibility index (Phi) is 3.15. The smallest absolute Gasteiger partial charge is 0.110 e. The first-order chi connectivity index (χ1) is 8.84. The highest BCUT2D eigenvalue weighted by Gasteiger charge is 2.15. The summed E-state index contributed by atoms with van der Waals surface area (Å²) in [5.41, 5.74) is 2.50. The fourth-order valence-corrected chi connectivity index (χ4v) is 2.70. The molecule has 1 aromatic carbocycles. The van der Waals surface area contributed by atoms with Gasteiger partial charge in [-0.2, -0.15) is 0 Å². The molecule has 0 aliphatic carbocycles. The molecule has 0 radical (unpaired) electrons. The van der Waals surface area contributed by atoms with Gasteiger partial charge in [-0.1, -0.05) is 18.2 Å². The van der Waals surface area contributed by atoms with Crippen molar-refractivity contribution in [2.75, 3.05) is 13.1 Å².